The van der Waals surface area contributed by atoms with E-state index < -0.39 is 0 Å². The first-order chi connectivity index (χ1) is 12.7. The van der Waals surface area contributed by atoms with E-state index in [1.807, 2.05) is 12.1 Å². The van der Waals surface area contributed by atoms with Crippen molar-refractivity contribution in [2.75, 3.05) is 13.1 Å². The van der Waals surface area contributed by atoms with Gasteiger partial charge < -0.3 is 14.8 Å². The highest BCUT2D eigenvalue weighted by atomic mass is 16.3. The molecule has 1 aromatic heterocycles. The number of benzene rings is 1. The van der Waals surface area contributed by atoms with Crippen LogP contribution in [0.1, 0.15) is 41.7 Å². The molecule has 26 heavy (non-hydrogen) atoms. The van der Waals surface area contributed by atoms with Gasteiger partial charge in [-0.2, -0.15) is 0 Å². The van der Waals surface area contributed by atoms with Crippen LogP contribution in [0.2, 0.25) is 0 Å². The number of furan rings is 1. The molecule has 0 fully saturated rings. The van der Waals surface area contributed by atoms with Gasteiger partial charge in [-0.3, -0.25) is 9.79 Å². The maximum atomic E-state index is 12.4. The van der Waals surface area contributed by atoms with E-state index in [1.165, 1.54) is 17.3 Å². The Bertz CT molecular complexity index is 852. The molecule has 0 saturated carbocycles. The lowest BCUT2D eigenvalue weighted by molar-refractivity contribution is -0.116. The highest BCUT2D eigenvalue weighted by Crippen LogP contribution is 2.33. The number of rotatable bonds is 4. The number of carbonyl (C=O) groups is 1. The number of fused-ring (bicyclic) bond motifs is 1. The number of nitrogens with one attached hydrogen (secondary N) is 1. The van der Waals surface area contributed by atoms with Gasteiger partial charge in [0.2, 0.25) is 0 Å². The average Bonchev–Trinajstić information content (AvgIpc) is 3.19. The Kier molecular flexibility index (Phi) is 4.71. The van der Waals surface area contributed by atoms with Gasteiger partial charge >= 0.3 is 0 Å². The molecule has 2 aromatic rings. The van der Waals surface area contributed by atoms with Gasteiger partial charge in [-0.15, -0.1) is 0 Å². The predicted molar refractivity (Wildman–Crippen MR) is 99.6 cm³/mol. The van der Waals surface area contributed by atoms with E-state index in [0.717, 1.165) is 18.7 Å². The van der Waals surface area contributed by atoms with Gasteiger partial charge in [0.25, 0.3) is 0 Å². The largest absolute Gasteiger partial charge is 0.511 e. The zero-order chi connectivity index (χ0) is 17.9. The van der Waals surface area contributed by atoms with Gasteiger partial charge in [-0.05, 0) is 36.2 Å². The van der Waals surface area contributed by atoms with Crippen molar-refractivity contribution in [1.82, 2.24) is 5.32 Å². The number of aliphatic imine (C=N–C) groups is 1. The summed E-state index contributed by atoms with van der Waals surface area (Å²) < 4.78 is 5.37. The van der Waals surface area contributed by atoms with Crippen LogP contribution < -0.4 is 5.32 Å². The van der Waals surface area contributed by atoms with Crippen LogP contribution in [0.15, 0.2) is 63.4 Å². The summed E-state index contributed by atoms with van der Waals surface area (Å²) in [7, 11) is 0. The van der Waals surface area contributed by atoms with Gasteiger partial charge in [0.05, 0.1) is 24.4 Å². The number of nitrogens with zero attached hydrogens (tertiary/aromatic N) is 1. The van der Waals surface area contributed by atoms with Crippen LogP contribution in [0, 0.1) is 0 Å². The zero-order valence-electron chi connectivity index (χ0n) is 14.5. The summed E-state index contributed by atoms with van der Waals surface area (Å²) in [6.07, 6.45) is 4.89. The fourth-order valence-electron chi connectivity index (χ4n) is 3.79. The summed E-state index contributed by atoms with van der Waals surface area (Å²) >= 11 is 0. The number of allylic oxidation sites excluding steroid dienone is 2. The second-order valence-electron chi connectivity index (χ2n) is 6.85. The van der Waals surface area contributed by atoms with Crippen molar-refractivity contribution in [3.05, 3.63) is 70.9 Å². The molecule has 134 valence electrons. The molecular formula is C21H22N2O3. The summed E-state index contributed by atoms with van der Waals surface area (Å²) in [5, 5.41) is 13.8. The lowest BCUT2D eigenvalue weighted by Gasteiger charge is -2.25. The van der Waals surface area contributed by atoms with Gasteiger partial charge in [0.15, 0.2) is 5.78 Å². The van der Waals surface area contributed by atoms with E-state index in [1.54, 1.807) is 12.3 Å². The van der Waals surface area contributed by atoms with E-state index in [4.69, 9.17) is 4.42 Å². The van der Waals surface area contributed by atoms with Crippen molar-refractivity contribution in [1.29, 1.82) is 0 Å². The molecule has 0 radical (unpaired) electrons. The molecule has 5 heteroatoms. The molecule has 5 nitrogen and oxygen atoms in total. The lowest BCUT2D eigenvalue weighted by atomic mass is 9.86. The Morgan fingerprint density at radius 3 is 2.92 bits per heavy atom. The van der Waals surface area contributed by atoms with E-state index in [0.29, 0.717) is 25.0 Å². The monoisotopic (exact) mass is 350 g/mol. The number of hydrogen-bond donors (Lipinski definition) is 2. The van der Waals surface area contributed by atoms with Gasteiger partial charge in [-0.25, -0.2) is 0 Å². The Morgan fingerprint density at radius 1 is 1.23 bits per heavy atom. The quantitative estimate of drug-likeness (QED) is 0.828. The van der Waals surface area contributed by atoms with E-state index in [-0.39, 0.29) is 23.5 Å². The summed E-state index contributed by atoms with van der Waals surface area (Å²) in [5.41, 5.74) is 2.95. The molecule has 2 aliphatic rings. The molecule has 2 heterocycles. The second-order valence-corrected chi connectivity index (χ2v) is 6.85. The van der Waals surface area contributed by atoms with Crippen molar-refractivity contribution in [2.45, 2.75) is 31.2 Å². The summed E-state index contributed by atoms with van der Waals surface area (Å²) in [6.45, 7) is 1.47. The van der Waals surface area contributed by atoms with Crippen LogP contribution in [-0.4, -0.2) is 30.2 Å². The number of aliphatic hydroxyl groups is 1. The van der Waals surface area contributed by atoms with Crippen LogP contribution in [0.4, 0.5) is 0 Å². The lowest BCUT2D eigenvalue weighted by Crippen LogP contribution is -2.31. The first-order valence-electron chi connectivity index (χ1n) is 9.02. The van der Waals surface area contributed by atoms with Gasteiger partial charge in [0, 0.05) is 25.0 Å². The zero-order valence-corrected chi connectivity index (χ0v) is 14.5. The third-order valence-corrected chi connectivity index (χ3v) is 5.15. The van der Waals surface area contributed by atoms with Crippen molar-refractivity contribution < 1.29 is 14.3 Å². The first kappa shape index (κ1) is 16.8. The van der Waals surface area contributed by atoms with Crippen molar-refractivity contribution in [2.24, 2.45) is 4.99 Å². The van der Waals surface area contributed by atoms with Crippen molar-refractivity contribution in [3.8, 4) is 0 Å². The first-order valence-corrected chi connectivity index (χ1v) is 9.02. The Hall–Kier alpha value is -2.66. The smallest absolute Gasteiger partial charge is 0.168 e. The molecule has 0 saturated heterocycles. The average molecular weight is 350 g/mol. The minimum Gasteiger partial charge on any atom is -0.511 e. The molecule has 1 aliphatic carbocycles. The van der Waals surface area contributed by atoms with E-state index in [9.17, 15) is 9.90 Å². The number of hydrogen-bond acceptors (Lipinski definition) is 5. The Labute approximate surface area is 152 Å². The van der Waals surface area contributed by atoms with Crippen molar-refractivity contribution in [3.63, 3.8) is 0 Å². The fourth-order valence-corrected chi connectivity index (χ4v) is 3.79. The maximum Gasteiger partial charge on any atom is 0.168 e. The predicted octanol–water partition coefficient (Wildman–Crippen LogP) is 3.50. The molecule has 2 atom stereocenters. The van der Waals surface area contributed by atoms with Crippen LogP contribution >= 0.6 is 0 Å². The van der Waals surface area contributed by atoms with Crippen LogP contribution in [0.25, 0.3) is 0 Å². The Morgan fingerprint density at radius 2 is 2.12 bits per heavy atom. The molecule has 1 aliphatic heterocycles. The minimum atomic E-state index is -0.0958. The molecule has 1 aromatic carbocycles. The highest BCUT2D eigenvalue weighted by Gasteiger charge is 2.29. The molecule has 4 rings (SSSR count). The maximum absolute atomic E-state index is 12.4. The van der Waals surface area contributed by atoms with E-state index in [2.05, 4.69) is 28.5 Å². The molecular weight excluding hydrogens is 328 g/mol. The third-order valence-electron chi connectivity index (χ3n) is 5.15. The Balaban J connectivity index is 1.46. The van der Waals surface area contributed by atoms with Crippen LogP contribution in [0.3, 0.4) is 0 Å². The minimum absolute atomic E-state index is 0.0871. The summed E-state index contributed by atoms with van der Waals surface area (Å²) in [6, 6.07) is 12.2. The van der Waals surface area contributed by atoms with Crippen LogP contribution in [-0.2, 0) is 11.2 Å². The summed E-state index contributed by atoms with van der Waals surface area (Å²) in [5.74, 6) is 0.657. The summed E-state index contributed by atoms with van der Waals surface area (Å²) in [4.78, 5) is 16.9. The molecule has 0 spiro atoms. The number of ketones is 1. The van der Waals surface area contributed by atoms with E-state index >= 15 is 0 Å². The standard InChI is InChI=1S/C21H22N2O3/c24-19-10-15(21-6-3-9-26-21)11-20(25)17(19)12-22-13-18-16-5-2-1-4-14(16)7-8-23-18/h1-6,9,12,15,18,23-24H,7-8,10-11,13H2/t15?,18-/m0/s1. The second kappa shape index (κ2) is 7.30. The third kappa shape index (κ3) is 3.35. The van der Waals surface area contributed by atoms with Gasteiger partial charge in [0.1, 0.15) is 11.5 Å². The topological polar surface area (TPSA) is 74.8 Å². The number of Topliss-reactive ketones (excluding diaryl/α,β-unsaturated/α-hetero) is 1. The SMILES string of the molecule is O=C1CC(c2ccco2)CC(O)=C1C=NC[C@@H]1NCCc2ccccc21. The number of aliphatic hydroxyl groups excluding tert-OH is 1. The fraction of sp³-hybridized carbons (Fsp3) is 0.333. The number of carbonyl (C=O) groups excluding carboxylic acids is 1. The van der Waals surface area contributed by atoms with Crippen molar-refractivity contribution >= 4 is 12.0 Å². The van der Waals surface area contributed by atoms with Crippen LogP contribution in [0.5, 0.6) is 0 Å². The molecule has 0 amide bonds. The van der Waals surface area contributed by atoms with Gasteiger partial charge in [-0.1, -0.05) is 24.3 Å². The molecule has 0 bridgehead atoms. The molecule has 2 N–H and O–H groups in total. The normalized spacial score (nSPS) is 23.5. The highest BCUT2D eigenvalue weighted by molar-refractivity contribution is 6.14. The molecule has 1 unspecified atom stereocenters.